The van der Waals surface area contributed by atoms with Gasteiger partial charge in [0.1, 0.15) is 0 Å². The average Bonchev–Trinajstić information content (AvgIpc) is 3.33. The van der Waals surface area contributed by atoms with Crippen LogP contribution in [0, 0.1) is 0 Å². The lowest BCUT2D eigenvalue weighted by Gasteiger charge is -2.27. The van der Waals surface area contributed by atoms with Crippen LogP contribution in [0.4, 0.5) is 5.13 Å². The number of thiazole rings is 1. The molecule has 3 heterocycles. The number of nitrogens with zero attached hydrogens (tertiary/aromatic N) is 2. The van der Waals surface area contributed by atoms with Crippen LogP contribution in [-0.2, 0) is 23.0 Å². The lowest BCUT2D eigenvalue weighted by Crippen LogP contribution is -2.35. The highest BCUT2D eigenvalue weighted by molar-refractivity contribution is 7.89. The van der Waals surface area contributed by atoms with E-state index in [-0.39, 0.29) is 10.8 Å². The van der Waals surface area contributed by atoms with Gasteiger partial charge in [0.25, 0.3) is 5.91 Å². The molecule has 1 N–H and O–H groups in total. The molecule has 134 valence electrons. The van der Waals surface area contributed by atoms with Crippen LogP contribution in [0.5, 0.6) is 0 Å². The summed E-state index contributed by atoms with van der Waals surface area (Å²) in [5.74, 6) is -0.351. The Kier molecular flexibility index (Phi) is 4.62. The number of nitrogens with one attached hydrogen (secondary N) is 1. The van der Waals surface area contributed by atoms with Gasteiger partial charge >= 0.3 is 0 Å². The van der Waals surface area contributed by atoms with E-state index >= 15 is 0 Å². The van der Waals surface area contributed by atoms with Crippen molar-refractivity contribution in [3.05, 3.63) is 63.3 Å². The Bertz CT molecular complexity index is 1040. The van der Waals surface area contributed by atoms with Crippen LogP contribution in [0.2, 0.25) is 0 Å². The zero-order chi connectivity index (χ0) is 18.1. The second-order valence-electron chi connectivity index (χ2n) is 5.80. The molecule has 0 saturated carbocycles. The van der Waals surface area contributed by atoms with Gasteiger partial charge in [-0.1, -0.05) is 24.3 Å². The van der Waals surface area contributed by atoms with Crippen molar-refractivity contribution in [2.24, 2.45) is 0 Å². The molecule has 9 heteroatoms. The van der Waals surface area contributed by atoms with Crippen molar-refractivity contribution >= 4 is 43.7 Å². The molecule has 0 unspecified atom stereocenters. The highest BCUT2D eigenvalue weighted by Gasteiger charge is 2.29. The third-order valence-electron chi connectivity index (χ3n) is 4.19. The third kappa shape index (κ3) is 3.30. The molecule has 1 aliphatic heterocycles. The molecule has 3 aromatic rings. The zero-order valence-electron chi connectivity index (χ0n) is 13.6. The number of sulfonamides is 1. The molecule has 6 nitrogen and oxygen atoms in total. The molecule has 1 aliphatic rings. The van der Waals surface area contributed by atoms with Crippen molar-refractivity contribution in [1.29, 1.82) is 0 Å². The van der Waals surface area contributed by atoms with E-state index in [2.05, 4.69) is 10.3 Å². The van der Waals surface area contributed by atoms with Gasteiger partial charge in [-0.15, -0.1) is 22.7 Å². The van der Waals surface area contributed by atoms with E-state index < -0.39 is 10.0 Å². The highest BCUT2D eigenvalue weighted by Crippen LogP contribution is 2.28. The van der Waals surface area contributed by atoms with Crippen molar-refractivity contribution in [2.75, 3.05) is 11.9 Å². The number of carbonyl (C=O) groups excluding carboxylic acids is 1. The summed E-state index contributed by atoms with van der Waals surface area (Å²) in [6.45, 7) is 0.796. The van der Waals surface area contributed by atoms with Gasteiger partial charge in [-0.25, -0.2) is 13.4 Å². The van der Waals surface area contributed by atoms with Gasteiger partial charge in [-0.2, -0.15) is 4.31 Å². The summed E-state index contributed by atoms with van der Waals surface area (Å²) in [4.78, 5) is 16.7. The molecule has 4 rings (SSSR count). The minimum Gasteiger partial charge on any atom is -0.297 e. The van der Waals surface area contributed by atoms with Crippen LogP contribution in [-0.4, -0.2) is 30.2 Å². The van der Waals surface area contributed by atoms with Crippen LogP contribution in [0.25, 0.3) is 0 Å². The molecular formula is C17H15N3O3S3. The summed E-state index contributed by atoms with van der Waals surface area (Å²) in [6.07, 6.45) is 2.29. The number of carbonyl (C=O) groups is 1. The minimum absolute atomic E-state index is 0.158. The first-order chi connectivity index (χ1) is 12.5. The molecule has 0 bridgehead atoms. The number of hydrogen-bond acceptors (Lipinski definition) is 6. The number of amides is 1. The Morgan fingerprint density at radius 3 is 2.77 bits per heavy atom. The average molecular weight is 406 g/mol. The number of hydrogen-bond donors (Lipinski definition) is 1. The van der Waals surface area contributed by atoms with Gasteiger partial charge in [-0.05, 0) is 23.6 Å². The predicted molar refractivity (Wildman–Crippen MR) is 102 cm³/mol. The first-order valence-corrected chi connectivity index (χ1v) is 11.1. The second kappa shape index (κ2) is 6.92. The maximum absolute atomic E-state index is 12.9. The van der Waals surface area contributed by atoms with Crippen LogP contribution in [0.1, 0.15) is 20.8 Å². The standard InChI is InChI=1S/C17H15N3O3S3/c21-16(19-17-18-6-8-24-17)15-9-14(11-25-15)26(22,23)20-7-5-12-3-1-2-4-13(12)10-20/h1-4,6,8-9,11H,5,7,10H2,(H,18,19,21). The maximum atomic E-state index is 12.9. The fourth-order valence-corrected chi connectivity index (χ4v) is 5.94. The second-order valence-corrected chi connectivity index (χ2v) is 9.54. The van der Waals surface area contributed by atoms with E-state index in [0.29, 0.717) is 29.5 Å². The molecule has 0 atom stereocenters. The molecule has 0 fully saturated rings. The van der Waals surface area contributed by atoms with Crippen molar-refractivity contribution in [3.63, 3.8) is 0 Å². The number of thiophene rings is 1. The Labute approximate surface area is 159 Å². The van der Waals surface area contributed by atoms with Gasteiger partial charge in [0, 0.05) is 30.0 Å². The summed E-state index contributed by atoms with van der Waals surface area (Å²) in [7, 11) is -3.63. The maximum Gasteiger partial charge on any atom is 0.267 e. The summed E-state index contributed by atoms with van der Waals surface area (Å²) < 4.78 is 27.4. The summed E-state index contributed by atoms with van der Waals surface area (Å²) in [5.41, 5.74) is 2.21. The fourth-order valence-electron chi connectivity index (χ4n) is 2.84. The van der Waals surface area contributed by atoms with E-state index in [9.17, 15) is 13.2 Å². The van der Waals surface area contributed by atoms with E-state index in [0.717, 1.165) is 16.9 Å². The Morgan fingerprint density at radius 2 is 2.00 bits per heavy atom. The highest BCUT2D eigenvalue weighted by atomic mass is 32.2. The van der Waals surface area contributed by atoms with Crippen molar-refractivity contribution in [1.82, 2.24) is 9.29 Å². The van der Waals surface area contributed by atoms with E-state index in [1.165, 1.54) is 32.7 Å². The molecule has 0 saturated heterocycles. The topological polar surface area (TPSA) is 79.4 Å². The summed E-state index contributed by atoms with van der Waals surface area (Å²) in [6, 6.07) is 9.31. The SMILES string of the molecule is O=C(Nc1nccs1)c1cc(S(=O)(=O)N2CCc3ccccc3C2)cs1. The Hall–Kier alpha value is -2.07. The zero-order valence-corrected chi connectivity index (χ0v) is 16.0. The minimum atomic E-state index is -3.63. The van der Waals surface area contributed by atoms with Crippen LogP contribution >= 0.6 is 22.7 Å². The van der Waals surface area contributed by atoms with Crippen LogP contribution in [0.15, 0.2) is 52.2 Å². The summed E-state index contributed by atoms with van der Waals surface area (Å²) in [5, 5.41) is 6.43. The van der Waals surface area contributed by atoms with E-state index in [1.54, 1.807) is 11.6 Å². The molecule has 26 heavy (non-hydrogen) atoms. The Balaban J connectivity index is 1.54. The lowest BCUT2D eigenvalue weighted by atomic mass is 10.0. The number of benzene rings is 1. The predicted octanol–water partition coefficient (Wildman–Crippen LogP) is 3.20. The van der Waals surface area contributed by atoms with Crippen molar-refractivity contribution in [2.45, 2.75) is 17.9 Å². The monoisotopic (exact) mass is 405 g/mol. The molecule has 0 aliphatic carbocycles. The Morgan fingerprint density at radius 1 is 1.19 bits per heavy atom. The largest absolute Gasteiger partial charge is 0.297 e. The number of aromatic nitrogens is 1. The molecular weight excluding hydrogens is 390 g/mol. The van der Waals surface area contributed by atoms with E-state index in [4.69, 9.17) is 0 Å². The normalized spacial score (nSPS) is 14.8. The number of anilines is 1. The number of fused-ring (bicyclic) bond motifs is 1. The smallest absolute Gasteiger partial charge is 0.267 e. The molecule has 1 amide bonds. The van der Waals surface area contributed by atoms with Gasteiger partial charge in [0.05, 0.1) is 9.77 Å². The summed E-state index contributed by atoms with van der Waals surface area (Å²) >= 11 is 2.42. The lowest BCUT2D eigenvalue weighted by molar-refractivity contribution is 0.103. The number of rotatable bonds is 4. The quantitative estimate of drug-likeness (QED) is 0.723. The first kappa shape index (κ1) is 17.3. The van der Waals surface area contributed by atoms with Crippen LogP contribution in [0.3, 0.4) is 0 Å². The van der Waals surface area contributed by atoms with Crippen molar-refractivity contribution < 1.29 is 13.2 Å². The van der Waals surface area contributed by atoms with Gasteiger partial charge in [0.15, 0.2) is 5.13 Å². The molecule has 0 radical (unpaired) electrons. The first-order valence-electron chi connectivity index (χ1n) is 7.90. The van der Waals surface area contributed by atoms with Crippen molar-refractivity contribution in [3.8, 4) is 0 Å². The fraction of sp³-hybridized carbons (Fsp3) is 0.176. The molecule has 1 aromatic carbocycles. The molecule has 0 spiro atoms. The van der Waals surface area contributed by atoms with Gasteiger partial charge in [-0.3, -0.25) is 10.1 Å². The van der Waals surface area contributed by atoms with Gasteiger partial charge in [0.2, 0.25) is 10.0 Å². The van der Waals surface area contributed by atoms with Gasteiger partial charge < -0.3 is 0 Å². The third-order valence-corrected chi connectivity index (χ3v) is 7.78. The van der Waals surface area contributed by atoms with Crippen LogP contribution < -0.4 is 5.32 Å². The van der Waals surface area contributed by atoms with E-state index in [1.807, 2.05) is 24.3 Å². The molecule has 2 aromatic heterocycles.